The SMILES string of the molecule is CC(C)C(=O)Nc1ccc(NCC(=O)Nc2ccc3c(c2O)C(O)=C2C(=O)[C@]4(O)C(O)=C(C(N)=O)C(=O)[C@@H](N(C)C)C4CC2C3)cc1. The average Bonchev–Trinajstić information content (AvgIpc) is 2.99. The van der Waals surface area contributed by atoms with Crippen molar-refractivity contribution in [1.82, 2.24) is 4.90 Å². The van der Waals surface area contributed by atoms with Crippen LogP contribution in [0.1, 0.15) is 31.4 Å². The van der Waals surface area contributed by atoms with E-state index in [0.29, 0.717) is 16.9 Å². The highest BCUT2D eigenvalue weighted by atomic mass is 16.3. The fourth-order valence-electron chi connectivity index (χ4n) is 6.65. The quantitative estimate of drug-likeness (QED) is 0.151. The molecule has 3 amide bonds. The standard InChI is InChI=1S/C33H37N5O9/c1-14(2)32(46)36-18-8-6-17(7-9-18)35-13-21(39)37-20-10-5-15-11-16-12-19-25(38(3)4)28(42)24(31(34)45)30(44)33(19,47)29(43)23(16)27(41)22(15)26(20)40/h5-10,14,16,19,25,35,40-41,44,47H,11-13H2,1-4H3,(H2,34,45)(H,36,46)(H,37,39)/t16?,19?,25-,33-/m0/s1. The van der Waals surface area contributed by atoms with E-state index in [-0.39, 0.29) is 48.0 Å². The van der Waals surface area contributed by atoms with Crippen molar-refractivity contribution in [2.24, 2.45) is 23.5 Å². The zero-order valence-electron chi connectivity index (χ0n) is 26.2. The molecular weight excluding hydrogens is 610 g/mol. The molecule has 47 heavy (non-hydrogen) atoms. The minimum atomic E-state index is -2.74. The third kappa shape index (κ3) is 5.59. The fraction of sp³-hybridized carbons (Fsp3) is 0.364. The molecule has 0 bridgehead atoms. The largest absolute Gasteiger partial charge is 0.508 e. The van der Waals surface area contributed by atoms with Gasteiger partial charge in [-0.15, -0.1) is 0 Å². The normalized spacial score (nSPS) is 23.7. The van der Waals surface area contributed by atoms with E-state index in [4.69, 9.17) is 5.73 Å². The maximum atomic E-state index is 14.0. The number of aromatic hydroxyl groups is 1. The Labute approximate surface area is 269 Å². The number of nitrogens with two attached hydrogens (primary N) is 1. The Morgan fingerprint density at radius 3 is 2.23 bits per heavy atom. The van der Waals surface area contributed by atoms with E-state index in [1.165, 1.54) is 25.1 Å². The van der Waals surface area contributed by atoms with E-state index in [0.717, 1.165) is 0 Å². The summed E-state index contributed by atoms with van der Waals surface area (Å²) in [6, 6.07) is 8.60. The Hall–Kier alpha value is -5.21. The van der Waals surface area contributed by atoms with Gasteiger partial charge < -0.3 is 42.1 Å². The number of primary amides is 1. The van der Waals surface area contributed by atoms with Crippen LogP contribution < -0.4 is 21.7 Å². The summed E-state index contributed by atoms with van der Waals surface area (Å²) in [7, 11) is 3.06. The van der Waals surface area contributed by atoms with Crippen molar-refractivity contribution in [2.45, 2.75) is 38.3 Å². The molecule has 0 spiro atoms. The molecule has 2 aromatic rings. The predicted molar refractivity (Wildman–Crippen MR) is 171 cm³/mol. The number of Topliss-reactive ketones (excluding diaryl/α,β-unsaturated/α-hetero) is 2. The number of aliphatic hydroxyl groups excluding tert-OH is 2. The number of ketones is 2. The number of anilines is 3. The fourth-order valence-corrected chi connectivity index (χ4v) is 6.65. The van der Waals surface area contributed by atoms with Gasteiger partial charge in [0.05, 0.1) is 23.8 Å². The molecule has 0 saturated heterocycles. The van der Waals surface area contributed by atoms with Crippen LogP contribution in [0.5, 0.6) is 5.75 Å². The maximum absolute atomic E-state index is 14.0. The van der Waals surface area contributed by atoms with E-state index in [2.05, 4.69) is 16.0 Å². The Morgan fingerprint density at radius 2 is 1.64 bits per heavy atom. The van der Waals surface area contributed by atoms with Crippen LogP contribution in [-0.2, 0) is 30.4 Å². The molecule has 248 valence electrons. The summed E-state index contributed by atoms with van der Waals surface area (Å²) in [6.45, 7) is 3.36. The molecule has 2 unspecified atom stereocenters. The Bertz CT molecular complexity index is 1760. The number of hydrogen-bond acceptors (Lipinski definition) is 11. The molecular formula is C33H37N5O9. The second-order valence-electron chi connectivity index (χ2n) is 12.6. The van der Waals surface area contributed by atoms with Gasteiger partial charge in [-0.25, -0.2) is 0 Å². The molecule has 4 atom stereocenters. The zero-order chi connectivity index (χ0) is 34.5. The lowest BCUT2D eigenvalue weighted by molar-refractivity contribution is -0.153. The van der Waals surface area contributed by atoms with E-state index in [1.54, 1.807) is 44.2 Å². The van der Waals surface area contributed by atoms with Crippen molar-refractivity contribution < 1.29 is 44.4 Å². The first-order chi connectivity index (χ1) is 22.1. The molecule has 0 radical (unpaired) electrons. The van der Waals surface area contributed by atoms with Gasteiger partial charge in [0, 0.05) is 28.8 Å². The number of carbonyl (C=O) groups excluding carboxylic acids is 5. The molecule has 3 aliphatic rings. The maximum Gasteiger partial charge on any atom is 0.255 e. The molecule has 14 heteroatoms. The number of likely N-dealkylation sites (N-methyl/N-ethyl adjacent to an activating group) is 1. The second kappa shape index (κ2) is 12.2. The highest BCUT2D eigenvalue weighted by molar-refractivity contribution is 6.24. The number of phenolic OH excluding ortho intramolecular Hbond substituents is 1. The van der Waals surface area contributed by atoms with Crippen LogP contribution in [0.2, 0.25) is 0 Å². The number of benzene rings is 2. The molecule has 1 fully saturated rings. The van der Waals surface area contributed by atoms with Crippen molar-refractivity contribution in [3.8, 4) is 5.75 Å². The first-order valence-corrected chi connectivity index (χ1v) is 15.0. The number of nitrogens with one attached hydrogen (secondary N) is 3. The topological polar surface area (TPSA) is 232 Å². The predicted octanol–water partition coefficient (Wildman–Crippen LogP) is 1.61. The lowest BCUT2D eigenvalue weighted by Gasteiger charge is -2.50. The summed E-state index contributed by atoms with van der Waals surface area (Å²) < 4.78 is 0. The molecule has 14 nitrogen and oxygen atoms in total. The highest BCUT2D eigenvalue weighted by Crippen LogP contribution is 2.53. The molecule has 5 rings (SSSR count). The summed E-state index contributed by atoms with van der Waals surface area (Å²) in [5, 5.41) is 53.5. The molecule has 1 saturated carbocycles. The van der Waals surface area contributed by atoms with E-state index < -0.39 is 69.7 Å². The van der Waals surface area contributed by atoms with Crippen LogP contribution in [0.3, 0.4) is 0 Å². The summed E-state index contributed by atoms with van der Waals surface area (Å²) in [4.78, 5) is 65.4. The van der Waals surface area contributed by atoms with Gasteiger partial charge in [-0.3, -0.25) is 28.9 Å². The van der Waals surface area contributed by atoms with Crippen LogP contribution >= 0.6 is 0 Å². The van der Waals surface area contributed by atoms with Crippen molar-refractivity contribution in [1.29, 1.82) is 0 Å². The molecule has 0 aromatic heterocycles. The van der Waals surface area contributed by atoms with Crippen LogP contribution in [-0.4, -0.2) is 86.9 Å². The Balaban J connectivity index is 1.39. The number of amides is 3. The number of rotatable bonds is 8. The van der Waals surface area contributed by atoms with Gasteiger partial charge in [-0.05, 0) is 68.8 Å². The Morgan fingerprint density at radius 1 is 1.00 bits per heavy atom. The van der Waals surface area contributed by atoms with Gasteiger partial charge in [-0.2, -0.15) is 0 Å². The van der Waals surface area contributed by atoms with Crippen LogP contribution in [0, 0.1) is 17.8 Å². The Kier molecular flexibility index (Phi) is 8.60. The number of nitrogens with zero attached hydrogens (tertiary/aromatic N) is 1. The van der Waals surface area contributed by atoms with Gasteiger partial charge in [0.2, 0.25) is 17.6 Å². The monoisotopic (exact) mass is 647 g/mol. The van der Waals surface area contributed by atoms with Crippen molar-refractivity contribution in [3.63, 3.8) is 0 Å². The van der Waals surface area contributed by atoms with Crippen molar-refractivity contribution >= 4 is 52.1 Å². The van der Waals surface area contributed by atoms with Crippen molar-refractivity contribution in [3.05, 3.63) is 64.4 Å². The zero-order valence-corrected chi connectivity index (χ0v) is 26.2. The van der Waals surface area contributed by atoms with Gasteiger partial charge >= 0.3 is 0 Å². The summed E-state index contributed by atoms with van der Waals surface area (Å²) in [5.41, 5.74) is 2.90. The summed E-state index contributed by atoms with van der Waals surface area (Å²) >= 11 is 0. The van der Waals surface area contributed by atoms with Gasteiger partial charge in [-0.1, -0.05) is 19.9 Å². The molecule has 9 N–H and O–H groups in total. The second-order valence-corrected chi connectivity index (χ2v) is 12.6. The molecule has 0 heterocycles. The van der Waals surface area contributed by atoms with Gasteiger partial charge in [0.15, 0.2) is 11.4 Å². The first-order valence-electron chi connectivity index (χ1n) is 15.0. The lowest BCUT2D eigenvalue weighted by atomic mass is 9.57. The third-order valence-corrected chi connectivity index (χ3v) is 9.00. The number of fused-ring (bicyclic) bond motifs is 3. The van der Waals surface area contributed by atoms with Crippen LogP contribution in [0.25, 0.3) is 5.76 Å². The summed E-state index contributed by atoms with van der Waals surface area (Å²) in [5.74, 6) is -8.32. The number of phenols is 1. The highest BCUT2D eigenvalue weighted by Gasteiger charge is 2.64. The minimum absolute atomic E-state index is 0.0260. The minimum Gasteiger partial charge on any atom is -0.508 e. The number of aliphatic hydroxyl groups is 3. The van der Waals surface area contributed by atoms with E-state index >= 15 is 0 Å². The van der Waals surface area contributed by atoms with Gasteiger partial charge in [0.1, 0.15) is 22.8 Å². The van der Waals surface area contributed by atoms with E-state index in [1.807, 2.05) is 0 Å². The van der Waals surface area contributed by atoms with Crippen LogP contribution in [0.15, 0.2) is 53.3 Å². The van der Waals surface area contributed by atoms with Crippen molar-refractivity contribution in [2.75, 3.05) is 36.6 Å². The third-order valence-electron chi connectivity index (χ3n) is 9.00. The van der Waals surface area contributed by atoms with Gasteiger partial charge in [0.25, 0.3) is 5.91 Å². The molecule has 3 aliphatic carbocycles. The smallest absolute Gasteiger partial charge is 0.255 e. The van der Waals surface area contributed by atoms with E-state index in [9.17, 15) is 44.4 Å². The summed E-state index contributed by atoms with van der Waals surface area (Å²) in [6.07, 6.45) is 0.104. The average molecular weight is 648 g/mol. The molecule has 0 aliphatic heterocycles. The number of carbonyl (C=O) groups is 5. The molecule has 2 aromatic carbocycles. The van der Waals surface area contributed by atoms with Crippen LogP contribution in [0.4, 0.5) is 17.1 Å². The first kappa shape index (κ1) is 33.2. The number of hydrogen-bond donors (Lipinski definition) is 8. The lowest BCUT2D eigenvalue weighted by Crippen LogP contribution is -2.65.